The van der Waals surface area contributed by atoms with Crippen LogP contribution in [0.15, 0.2) is 30.3 Å². The highest BCUT2D eigenvalue weighted by Crippen LogP contribution is 2.17. The summed E-state index contributed by atoms with van der Waals surface area (Å²) in [5, 5.41) is 11.5. The van der Waals surface area contributed by atoms with Crippen molar-refractivity contribution in [2.75, 3.05) is 5.32 Å². The maximum Gasteiger partial charge on any atom is 0.259 e. The third kappa shape index (κ3) is 2.92. The predicted octanol–water partition coefficient (Wildman–Crippen LogP) is 3.31. The monoisotopic (exact) mass is 289 g/mol. The van der Waals surface area contributed by atoms with Gasteiger partial charge in [0.1, 0.15) is 17.7 Å². The number of hydrogen-bond donors (Lipinski definition) is 1. The Bertz CT molecular complexity index is 725. The van der Waals surface area contributed by atoms with Crippen LogP contribution in [0.2, 0.25) is 5.02 Å². The number of carbonyl (C=O) groups is 1. The topological polar surface area (TPSA) is 65.8 Å². The van der Waals surface area contributed by atoms with Gasteiger partial charge in [0.05, 0.1) is 16.8 Å². The summed E-state index contributed by atoms with van der Waals surface area (Å²) < 4.78 is 13.5. The van der Waals surface area contributed by atoms with Gasteiger partial charge in [-0.1, -0.05) is 11.6 Å². The van der Waals surface area contributed by atoms with E-state index < -0.39 is 11.7 Å². The first-order chi connectivity index (χ1) is 9.51. The lowest BCUT2D eigenvalue weighted by atomic mass is 10.2. The maximum atomic E-state index is 13.5. The Kier molecular flexibility index (Phi) is 3.97. The van der Waals surface area contributed by atoms with Crippen molar-refractivity contribution in [1.29, 1.82) is 5.26 Å². The Morgan fingerprint density at radius 3 is 2.80 bits per heavy atom. The van der Waals surface area contributed by atoms with Crippen LogP contribution in [0.4, 0.5) is 10.2 Å². The zero-order chi connectivity index (χ0) is 14.7. The molecule has 1 aromatic heterocycles. The number of nitriles is 1. The minimum atomic E-state index is -0.669. The summed E-state index contributed by atoms with van der Waals surface area (Å²) in [6.07, 6.45) is 0. The molecular formula is C14H9ClFN3O. The molecule has 0 saturated heterocycles. The van der Waals surface area contributed by atoms with Gasteiger partial charge >= 0.3 is 0 Å². The maximum absolute atomic E-state index is 13.5. The van der Waals surface area contributed by atoms with E-state index in [4.69, 9.17) is 16.9 Å². The first-order valence-electron chi connectivity index (χ1n) is 5.65. The number of halogens is 2. The molecule has 1 heterocycles. The molecule has 1 N–H and O–H groups in total. The number of nitrogens with zero attached hydrogens (tertiary/aromatic N) is 2. The summed E-state index contributed by atoms with van der Waals surface area (Å²) in [4.78, 5) is 16.0. The van der Waals surface area contributed by atoms with Crippen LogP contribution in [0.3, 0.4) is 0 Å². The fourth-order valence-electron chi connectivity index (χ4n) is 1.60. The first kappa shape index (κ1) is 14.0. The van der Waals surface area contributed by atoms with Crippen molar-refractivity contribution >= 4 is 23.3 Å². The van der Waals surface area contributed by atoms with Gasteiger partial charge in [-0.3, -0.25) is 4.79 Å². The number of hydrogen-bond acceptors (Lipinski definition) is 3. The van der Waals surface area contributed by atoms with E-state index in [1.54, 1.807) is 6.92 Å². The van der Waals surface area contributed by atoms with Gasteiger partial charge in [-0.05, 0) is 37.3 Å². The van der Waals surface area contributed by atoms with Crippen molar-refractivity contribution in [3.05, 3.63) is 58.0 Å². The van der Waals surface area contributed by atoms with E-state index in [1.807, 2.05) is 6.07 Å². The molecule has 0 aliphatic carbocycles. The molecule has 0 aliphatic heterocycles. The highest BCUT2D eigenvalue weighted by atomic mass is 35.5. The molecule has 1 aromatic carbocycles. The molecule has 0 saturated carbocycles. The number of aryl methyl sites for hydroxylation is 1. The molecule has 1 amide bonds. The zero-order valence-electron chi connectivity index (χ0n) is 10.4. The van der Waals surface area contributed by atoms with Crippen LogP contribution in [0.5, 0.6) is 0 Å². The summed E-state index contributed by atoms with van der Waals surface area (Å²) in [6.45, 7) is 1.65. The minimum Gasteiger partial charge on any atom is -0.306 e. The van der Waals surface area contributed by atoms with E-state index in [0.29, 0.717) is 11.3 Å². The predicted molar refractivity (Wildman–Crippen MR) is 73.1 cm³/mol. The average Bonchev–Trinajstić information content (AvgIpc) is 2.41. The lowest BCUT2D eigenvalue weighted by molar-refractivity contribution is 0.102. The van der Waals surface area contributed by atoms with Gasteiger partial charge in [0.15, 0.2) is 0 Å². The van der Waals surface area contributed by atoms with Gasteiger partial charge in [0, 0.05) is 5.02 Å². The van der Waals surface area contributed by atoms with Crippen LogP contribution in [0.25, 0.3) is 0 Å². The number of amides is 1. The highest BCUT2D eigenvalue weighted by molar-refractivity contribution is 6.31. The van der Waals surface area contributed by atoms with Crippen LogP contribution in [0, 0.1) is 24.1 Å². The van der Waals surface area contributed by atoms with Crippen LogP contribution < -0.4 is 5.32 Å². The molecule has 100 valence electrons. The van der Waals surface area contributed by atoms with E-state index in [1.165, 1.54) is 24.3 Å². The van der Waals surface area contributed by atoms with Crippen molar-refractivity contribution in [1.82, 2.24) is 4.98 Å². The molecule has 0 bridgehead atoms. The van der Waals surface area contributed by atoms with Crippen molar-refractivity contribution in [3.8, 4) is 6.07 Å². The second-order valence-corrected chi connectivity index (χ2v) is 4.46. The fourth-order valence-corrected chi connectivity index (χ4v) is 1.78. The van der Waals surface area contributed by atoms with Crippen molar-refractivity contribution in [3.63, 3.8) is 0 Å². The Morgan fingerprint density at radius 1 is 1.40 bits per heavy atom. The van der Waals surface area contributed by atoms with Gasteiger partial charge in [-0.25, -0.2) is 9.37 Å². The van der Waals surface area contributed by atoms with E-state index in [2.05, 4.69) is 10.3 Å². The fraction of sp³-hybridized carbons (Fsp3) is 0.0714. The molecule has 4 nitrogen and oxygen atoms in total. The number of benzene rings is 1. The van der Waals surface area contributed by atoms with Crippen molar-refractivity contribution in [2.24, 2.45) is 0 Å². The molecule has 0 atom stereocenters. The van der Waals surface area contributed by atoms with Gasteiger partial charge < -0.3 is 5.32 Å². The van der Waals surface area contributed by atoms with Crippen molar-refractivity contribution < 1.29 is 9.18 Å². The van der Waals surface area contributed by atoms with E-state index >= 15 is 0 Å². The minimum absolute atomic E-state index is 0.165. The normalized spacial score (nSPS) is 9.90. The molecule has 0 fully saturated rings. The zero-order valence-corrected chi connectivity index (χ0v) is 11.2. The molecule has 0 aliphatic rings. The van der Waals surface area contributed by atoms with Crippen LogP contribution in [-0.4, -0.2) is 10.9 Å². The summed E-state index contributed by atoms with van der Waals surface area (Å²) in [7, 11) is 0. The number of pyridine rings is 1. The van der Waals surface area contributed by atoms with Crippen LogP contribution in [-0.2, 0) is 0 Å². The van der Waals surface area contributed by atoms with Gasteiger partial charge in [-0.15, -0.1) is 0 Å². The first-order valence-corrected chi connectivity index (χ1v) is 6.03. The Labute approximate surface area is 119 Å². The third-order valence-corrected chi connectivity index (χ3v) is 2.86. The molecule has 0 spiro atoms. The number of nitrogens with one attached hydrogen (secondary N) is 1. The quantitative estimate of drug-likeness (QED) is 0.922. The number of rotatable bonds is 2. The molecule has 6 heteroatoms. The van der Waals surface area contributed by atoms with Crippen LogP contribution in [0.1, 0.15) is 21.6 Å². The average molecular weight is 290 g/mol. The largest absolute Gasteiger partial charge is 0.306 e. The number of anilines is 1. The van der Waals surface area contributed by atoms with Crippen LogP contribution >= 0.6 is 11.6 Å². The van der Waals surface area contributed by atoms with Gasteiger partial charge in [0.2, 0.25) is 0 Å². The van der Waals surface area contributed by atoms with E-state index in [0.717, 1.165) is 6.07 Å². The molecule has 2 rings (SSSR count). The second-order valence-electron chi connectivity index (χ2n) is 4.02. The summed E-state index contributed by atoms with van der Waals surface area (Å²) in [5.74, 6) is -1.08. The second kappa shape index (κ2) is 5.68. The smallest absolute Gasteiger partial charge is 0.259 e. The number of carbonyl (C=O) groups excluding carboxylic acids is 1. The van der Waals surface area contributed by atoms with Gasteiger partial charge in [0.25, 0.3) is 5.91 Å². The molecule has 0 unspecified atom stereocenters. The molecule has 20 heavy (non-hydrogen) atoms. The SMILES string of the molecule is Cc1nc(NC(=O)c2cc(Cl)ccc2F)ccc1C#N. The van der Waals surface area contributed by atoms with Crippen molar-refractivity contribution in [2.45, 2.75) is 6.92 Å². The van der Waals surface area contributed by atoms with Gasteiger partial charge in [-0.2, -0.15) is 5.26 Å². The number of aromatic nitrogens is 1. The Hall–Kier alpha value is -2.45. The Morgan fingerprint density at radius 2 is 2.15 bits per heavy atom. The lowest BCUT2D eigenvalue weighted by Crippen LogP contribution is -2.15. The third-order valence-electron chi connectivity index (χ3n) is 2.62. The molecule has 0 radical (unpaired) electrons. The summed E-state index contributed by atoms with van der Waals surface area (Å²) in [6, 6.07) is 8.70. The molecular weight excluding hydrogens is 281 g/mol. The standard InChI is InChI=1S/C14H9ClFN3O/c1-8-9(7-17)2-5-13(18-8)19-14(20)11-6-10(15)3-4-12(11)16/h2-6H,1H3,(H,18,19,20). The lowest BCUT2D eigenvalue weighted by Gasteiger charge is -2.07. The Balaban J connectivity index is 2.26. The summed E-state index contributed by atoms with van der Waals surface area (Å²) in [5.41, 5.74) is 0.732. The highest BCUT2D eigenvalue weighted by Gasteiger charge is 2.13. The van der Waals surface area contributed by atoms with E-state index in [9.17, 15) is 9.18 Å². The summed E-state index contributed by atoms with van der Waals surface area (Å²) >= 11 is 5.73. The van der Waals surface area contributed by atoms with E-state index in [-0.39, 0.29) is 16.4 Å². The molecule has 2 aromatic rings.